The number of carbonyl (C=O) groups is 2. The molecule has 0 radical (unpaired) electrons. The lowest BCUT2D eigenvalue weighted by molar-refractivity contribution is 0.0963. The number of nitrogens with zero attached hydrogens (tertiary/aromatic N) is 2. The van der Waals surface area contributed by atoms with Crippen LogP contribution in [0.1, 0.15) is 15.9 Å². The van der Waals surface area contributed by atoms with Gasteiger partial charge in [-0.15, -0.1) is 0 Å². The van der Waals surface area contributed by atoms with Gasteiger partial charge in [-0.3, -0.25) is 9.36 Å². The number of carbonyl (C=O) groups excluding carboxylic acids is 2. The summed E-state index contributed by atoms with van der Waals surface area (Å²) >= 11 is 0. The second-order valence-electron chi connectivity index (χ2n) is 4.01. The van der Waals surface area contributed by atoms with E-state index in [9.17, 15) is 9.59 Å². The molecule has 2 rings (SSSR count). The molecule has 2 amide bonds. The lowest BCUT2D eigenvalue weighted by Crippen LogP contribution is -2.20. The van der Waals surface area contributed by atoms with Crippen molar-refractivity contribution in [2.45, 2.75) is 6.92 Å². The first-order valence-corrected chi connectivity index (χ1v) is 5.74. The maximum atomic E-state index is 11.9. The van der Waals surface area contributed by atoms with Crippen molar-refractivity contribution in [2.75, 3.05) is 12.4 Å². The standard InChI is InChI=1S/C13H14N4O2/c1-9-3-4-10(12(18)14-2)7-11(9)16-13(19)17-6-5-15-8-17/h3-8H,1-2H3,(H,14,18)(H,16,19). The van der Waals surface area contributed by atoms with Crippen molar-refractivity contribution in [1.82, 2.24) is 14.9 Å². The zero-order valence-corrected chi connectivity index (χ0v) is 10.7. The molecule has 2 N–H and O–H groups in total. The van der Waals surface area contributed by atoms with Crippen LogP contribution >= 0.6 is 0 Å². The number of aryl methyl sites for hydroxylation is 1. The number of rotatable bonds is 2. The second-order valence-corrected chi connectivity index (χ2v) is 4.01. The molecule has 19 heavy (non-hydrogen) atoms. The highest BCUT2D eigenvalue weighted by molar-refractivity contribution is 5.97. The summed E-state index contributed by atoms with van der Waals surface area (Å²) in [5.74, 6) is -0.196. The molecule has 1 aromatic heterocycles. The molecule has 6 heteroatoms. The predicted octanol–water partition coefficient (Wildman–Crippen LogP) is 1.63. The number of aromatic nitrogens is 2. The summed E-state index contributed by atoms with van der Waals surface area (Å²) in [6.45, 7) is 1.86. The molecular formula is C13H14N4O2. The summed E-state index contributed by atoms with van der Waals surface area (Å²) in [7, 11) is 1.56. The third-order valence-electron chi connectivity index (χ3n) is 2.71. The van der Waals surface area contributed by atoms with Crippen molar-refractivity contribution < 1.29 is 9.59 Å². The largest absolute Gasteiger partial charge is 0.355 e. The van der Waals surface area contributed by atoms with Crippen molar-refractivity contribution in [1.29, 1.82) is 0 Å². The van der Waals surface area contributed by atoms with Gasteiger partial charge >= 0.3 is 6.03 Å². The third kappa shape index (κ3) is 2.79. The van der Waals surface area contributed by atoms with Crippen molar-refractivity contribution in [3.8, 4) is 0 Å². The van der Waals surface area contributed by atoms with Crippen LogP contribution in [0, 0.1) is 6.92 Å². The quantitative estimate of drug-likeness (QED) is 0.859. The first-order chi connectivity index (χ1) is 9.11. The zero-order chi connectivity index (χ0) is 13.8. The van der Waals surface area contributed by atoms with E-state index in [1.807, 2.05) is 6.92 Å². The van der Waals surface area contributed by atoms with Crippen LogP contribution in [0.3, 0.4) is 0 Å². The van der Waals surface area contributed by atoms with E-state index in [0.717, 1.165) is 5.56 Å². The van der Waals surface area contributed by atoms with Crippen molar-refractivity contribution in [3.05, 3.63) is 48.0 Å². The fourth-order valence-electron chi connectivity index (χ4n) is 1.60. The molecule has 0 atom stereocenters. The number of amides is 2. The van der Waals surface area contributed by atoms with Crippen LogP contribution in [0.4, 0.5) is 10.5 Å². The van der Waals surface area contributed by atoms with Crippen molar-refractivity contribution >= 4 is 17.6 Å². The third-order valence-corrected chi connectivity index (χ3v) is 2.71. The number of hydrogen-bond donors (Lipinski definition) is 2. The number of anilines is 1. The van der Waals surface area contributed by atoms with E-state index < -0.39 is 0 Å². The Morgan fingerprint density at radius 1 is 1.32 bits per heavy atom. The van der Waals surface area contributed by atoms with Gasteiger partial charge in [-0.2, -0.15) is 0 Å². The van der Waals surface area contributed by atoms with Crippen LogP contribution in [-0.4, -0.2) is 28.5 Å². The Kier molecular flexibility index (Phi) is 3.61. The van der Waals surface area contributed by atoms with Gasteiger partial charge < -0.3 is 10.6 Å². The average Bonchev–Trinajstić information content (AvgIpc) is 2.94. The van der Waals surface area contributed by atoms with Crippen LogP contribution in [0.25, 0.3) is 0 Å². The maximum Gasteiger partial charge on any atom is 0.331 e. The first kappa shape index (κ1) is 12.8. The number of benzene rings is 1. The topological polar surface area (TPSA) is 76.0 Å². The molecule has 1 heterocycles. The maximum absolute atomic E-state index is 11.9. The Bertz CT molecular complexity index is 605. The summed E-state index contributed by atoms with van der Waals surface area (Å²) in [6.07, 6.45) is 4.48. The van der Waals surface area contributed by atoms with Gasteiger partial charge in [0.15, 0.2) is 0 Å². The van der Waals surface area contributed by atoms with E-state index in [1.165, 1.54) is 17.1 Å². The lowest BCUT2D eigenvalue weighted by Gasteiger charge is -2.10. The summed E-state index contributed by atoms with van der Waals surface area (Å²) < 4.78 is 1.33. The Labute approximate surface area is 110 Å². The SMILES string of the molecule is CNC(=O)c1ccc(C)c(NC(=O)n2ccnc2)c1. The summed E-state index contributed by atoms with van der Waals surface area (Å²) in [6, 6.07) is 4.81. The van der Waals surface area contributed by atoms with Gasteiger partial charge in [0.2, 0.25) is 0 Å². The van der Waals surface area contributed by atoms with E-state index in [-0.39, 0.29) is 11.9 Å². The van der Waals surface area contributed by atoms with Gasteiger partial charge in [0, 0.05) is 30.7 Å². The highest BCUT2D eigenvalue weighted by Gasteiger charge is 2.09. The predicted molar refractivity (Wildman–Crippen MR) is 71.2 cm³/mol. The van der Waals surface area contributed by atoms with E-state index >= 15 is 0 Å². The fraction of sp³-hybridized carbons (Fsp3) is 0.154. The molecule has 2 aromatic rings. The molecule has 98 valence electrons. The Hall–Kier alpha value is -2.63. The Morgan fingerprint density at radius 3 is 2.74 bits per heavy atom. The molecule has 0 spiro atoms. The van der Waals surface area contributed by atoms with Gasteiger partial charge in [0.25, 0.3) is 5.91 Å². The number of nitrogens with one attached hydrogen (secondary N) is 2. The summed E-state index contributed by atoms with van der Waals surface area (Å²) in [4.78, 5) is 27.2. The highest BCUT2D eigenvalue weighted by Crippen LogP contribution is 2.17. The number of hydrogen-bond acceptors (Lipinski definition) is 3. The van der Waals surface area contributed by atoms with Crippen LogP contribution in [-0.2, 0) is 0 Å². The first-order valence-electron chi connectivity index (χ1n) is 5.74. The lowest BCUT2D eigenvalue weighted by atomic mass is 10.1. The Morgan fingerprint density at radius 2 is 2.11 bits per heavy atom. The minimum absolute atomic E-state index is 0.196. The van der Waals surface area contributed by atoms with Crippen LogP contribution in [0.15, 0.2) is 36.9 Å². The van der Waals surface area contributed by atoms with E-state index in [0.29, 0.717) is 11.3 Å². The number of imidazole rings is 1. The molecule has 0 saturated heterocycles. The molecule has 0 aliphatic carbocycles. The van der Waals surface area contributed by atoms with Crippen LogP contribution < -0.4 is 10.6 Å². The van der Waals surface area contributed by atoms with Gasteiger partial charge in [0.05, 0.1) is 0 Å². The van der Waals surface area contributed by atoms with Gasteiger partial charge in [-0.05, 0) is 24.6 Å². The van der Waals surface area contributed by atoms with E-state index in [2.05, 4.69) is 15.6 Å². The van der Waals surface area contributed by atoms with Crippen molar-refractivity contribution in [3.63, 3.8) is 0 Å². The second kappa shape index (κ2) is 5.34. The van der Waals surface area contributed by atoms with E-state index in [1.54, 1.807) is 31.4 Å². The molecule has 0 aliphatic rings. The van der Waals surface area contributed by atoms with Crippen LogP contribution in [0.2, 0.25) is 0 Å². The smallest absolute Gasteiger partial charge is 0.331 e. The monoisotopic (exact) mass is 258 g/mol. The summed E-state index contributed by atoms with van der Waals surface area (Å²) in [5.41, 5.74) is 1.97. The van der Waals surface area contributed by atoms with Gasteiger partial charge in [0.1, 0.15) is 6.33 Å². The fourth-order valence-corrected chi connectivity index (χ4v) is 1.60. The van der Waals surface area contributed by atoms with E-state index in [4.69, 9.17) is 0 Å². The van der Waals surface area contributed by atoms with Gasteiger partial charge in [-0.25, -0.2) is 9.78 Å². The van der Waals surface area contributed by atoms with Crippen molar-refractivity contribution in [2.24, 2.45) is 0 Å². The molecule has 0 fully saturated rings. The Balaban J connectivity index is 2.24. The summed E-state index contributed by atoms with van der Waals surface area (Å²) in [5, 5.41) is 5.28. The molecular weight excluding hydrogens is 244 g/mol. The van der Waals surface area contributed by atoms with Gasteiger partial charge in [-0.1, -0.05) is 6.07 Å². The molecule has 0 aliphatic heterocycles. The highest BCUT2D eigenvalue weighted by atomic mass is 16.2. The zero-order valence-electron chi connectivity index (χ0n) is 10.7. The average molecular weight is 258 g/mol. The normalized spacial score (nSPS) is 10.0. The molecule has 0 saturated carbocycles. The van der Waals surface area contributed by atoms with Crippen LogP contribution in [0.5, 0.6) is 0 Å². The molecule has 0 bridgehead atoms. The molecule has 0 unspecified atom stereocenters. The minimum Gasteiger partial charge on any atom is -0.355 e. The molecule has 1 aromatic carbocycles. The minimum atomic E-state index is -0.324. The molecule has 6 nitrogen and oxygen atoms in total.